The topological polar surface area (TPSA) is 64.7 Å². The zero-order valence-corrected chi connectivity index (χ0v) is 11.6. The molecule has 0 radical (unpaired) electrons. The zero-order valence-electron chi connectivity index (χ0n) is 10.8. The fourth-order valence-corrected chi connectivity index (χ4v) is 2.54. The molecule has 2 N–H and O–H groups in total. The third-order valence-corrected chi connectivity index (χ3v) is 3.46. The van der Waals surface area contributed by atoms with Crippen molar-refractivity contribution < 1.29 is 0 Å². The van der Waals surface area contributed by atoms with E-state index >= 15 is 0 Å². The lowest BCUT2D eigenvalue weighted by atomic mass is 10.2. The van der Waals surface area contributed by atoms with Gasteiger partial charge in [0.1, 0.15) is 5.03 Å². The summed E-state index contributed by atoms with van der Waals surface area (Å²) in [6.07, 6.45) is 1.80. The van der Waals surface area contributed by atoms with Gasteiger partial charge < -0.3 is 5.73 Å². The van der Waals surface area contributed by atoms with Gasteiger partial charge in [-0.2, -0.15) is 0 Å². The monoisotopic (exact) mass is 260 g/mol. The van der Waals surface area contributed by atoms with E-state index in [0.29, 0.717) is 6.54 Å². The first-order valence-electron chi connectivity index (χ1n) is 5.74. The Morgan fingerprint density at radius 3 is 2.33 bits per heavy atom. The molecule has 18 heavy (non-hydrogen) atoms. The molecule has 2 aromatic rings. The van der Waals surface area contributed by atoms with Crippen LogP contribution >= 0.6 is 11.8 Å². The van der Waals surface area contributed by atoms with Gasteiger partial charge in [0.05, 0.1) is 0 Å². The third kappa shape index (κ3) is 3.05. The van der Waals surface area contributed by atoms with Crippen LogP contribution in [0.2, 0.25) is 0 Å². The van der Waals surface area contributed by atoms with E-state index in [-0.39, 0.29) is 0 Å². The highest BCUT2D eigenvalue weighted by atomic mass is 32.2. The van der Waals surface area contributed by atoms with Crippen molar-refractivity contribution in [2.45, 2.75) is 37.5 Å². The molecular formula is C13H16N4S. The van der Waals surface area contributed by atoms with E-state index in [9.17, 15) is 0 Å². The molecule has 2 heterocycles. The first-order chi connectivity index (χ1) is 8.58. The van der Waals surface area contributed by atoms with Crippen LogP contribution in [-0.2, 0) is 6.54 Å². The van der Waals surface area contributed by atoms with Crippen LogP contribution in [0.15, 0.2) is 28.5 Å². The summed E-state index contributed by atoms with van der Waals surface area (Å²) in [5.41, 5.74) is 9.68. The van der Waals surface area contributed by atoms with Gasteiger partial charge in [-0.15, -0.1) is 0 Å². The average molecular weight is 260 g/mol. The summed E-state index contributed by atoms with van der Waals surface area (Å²) in [5, 5.41) is 1.67. The molecule has 0 spiro atoms. The lowest BCUT2D eigenvalue weighted by Gasteiger charge is -2.06. The highest BCUT2D eigenvalue weighted by Crippen LogP contribution is 2.26. The van der Waals surface area contributed by atoms with Crippen molar-refractivity contribution >= 4 is 11.8 Å². The molecule has 5 heteroatoms. The van der Waals surface area contributed by atoms with Crippen molar-refractivity contribution in [1.82, 2.24) is 15.0 Å². The van der Waals surface area contributed by atoms with E-state index in [4.69, 9.17) is 5.73 Å². The number of nitrogens with two attached hydrogens (primary N) is 1. The first-order valence-corrected chi connectivity index (χ1v) is 6.56. The molecule has 0 aliphatic rings. The van der Waals surface area contributed by atoms with E-state index in [1.165, 1.54) is 11.8 Å². The molecule has 2 aromatic heterocycles. The molecule has 0 saturated heterocycles. The first kappa shape index (κ1) is 13.0. The smallest absolute Gasteiger partial charge is 0.194 e. The predicted octanol–water partition coefficient (Wildman–Crippen LogP) is 2.41. The van der Waals surface area contributed by atoms with Gasteiger partial charge in [0, 0.05) is 24.1 Å². The second kappa shape index (κ2) is 5.46. The van der Waals surface area contributed by atoms with Crippen LogP contribution in [0.1, 0.15) is 22.5 Å². The molecule has 0 atom stereocenters. The third-order valence-electron chi connectivity index (χ3n) is 2.47. The van der Waals surface area contributed by atoms with Crippen LogP contribution in [0.5, 0.6) is 0 Å². The maximum absolute atomic E-state index is 5.59. The van der Waals surface area contributed by atoms with E-state index in [1.54, 1.807) is 6.20 Å². The van der Waals surface area contributed by atoms with Crippen molar-refractivity contribution in [2.75, 3.05) is 0 Å². The van der Waals surface area contributed by atoms with Crippen LogP contribution in [0.25, 0.3) is 0 Å². The van der Waals surface area contributed by atoms with Gasteiger partial charge in [-0.25, -0.2) is 15.0 Å². The molecule has 0 aliphatic heterocycles. The Bertz CT molecular complexity index is 549. The summed E-state index contributed by atoms with van der Waals surface area (Å²) in [4.78, 5) is 13.2. The highest BCUT2D eigenvalue weighted by molar-refractivity contribution is 7.99. The van der Waals surface area contributed by atoms with Crippen LogP contribution in [0, 0.1) is 20.8 Å². The second-order valence-corrected chi connectivity index (χ2v) is 5.16. The van der Waals surface area contributed by atoms with E-state index in [1.807, 2.05) is 26.8 Å². The molecule has 0 fully saturated rings. The normalized spacial score (nSPS) is 10.7. The van der Waals surface area contributed by atoms with Gasteiger partial charge in [-0.3, -0.25) is 0 Å². The minimum atomic E-state index is 0.513. The van der Waals surface area contributed by atoms with Gasteiger partial charge in [0.15, 0.2) is 5.16 Å². The molecule has 0 unspecified atom stereocenters. The number of hydrogen-bond acceptors (Lipinski definition) is 5. The second-order valence-electron chi connectivity index (χ2n) is 4.21. The number of hydrogen-bond donors (Lipinski definition) is 1. The Labute approximate surface area is 111 Å². The average Bonchev–Trinajstić information content (AvgIpc) is 2.30. The van der Waals surface area contributed by atoms with Crippen molar-refractivity contribution in [3.8, 4) is 0 Å². The Morgan fingerprint density at radius 1 is 1.11 bits per heavy atom. The molecular weight excluding hydrogens is 244 g/mol. The van der Waals surface area contributed by atoms with E-state index < -0.39 is 0 Å². The standard InChI is InChI=1S/C13H16N4S/c1-8-4-11(6-14)7-15-12(8)18-13-16-9(2)5-10(3)17-13/h4-5,7H,6,14H2,1-3H3. The summed E-state index contributed by atoms with van der Waals surface area (Å²) in [6.45, 7) is 6.48. The lowest BCUT2D eigenvalue weighted by molar-refractivity contribution is 0.895. The van der Waals surface area contributed by atoms with Crippen molar-refractivity contribution in [1.29, 1.82) is 0 Å². The number of aryl methyl sites for hydroxylation is 3. The number of rotatable bonds is 3. The Balaban J connectivity index is 2.28. The Kier molecular flexibility index (Phi) is 3.93. The van der Waals surface area contributed by atoms with Crippen molar-refractivity contribution in [3.63, 3.8) is 0 Å². The summed E-state index contributed by atoms with van der Waals surface area (Å²) in [6, 6.07) is 4.01. The van der Waals surface area contributed by atoms with Gasteiger partial charge in [0.25, 0.3) is 0 Å². The van der Waals surface area contributed by atoms with Crippen LogP contribution in [0.3, 0.4) is 0 Å². The number of pyridine rings is 1. The molecule has 0 amide bonds. The SMILES string of the molecule is Cc1cc(C)nc(Sc2ncc(CN)cc2C)n1. The molecule has 0 bridgehead atoms. The lowest BCUT2D eigenvalue weighted by Crippen LogP contribution is -1.99. The van der Waals surface area contributed by atoms with E-state index in [0.717, 1.165) is 32.7 Å². The summed E-state index contributed by atoms with van der Waals surface area (Å²) in [7, 11) is 0. The largest absolute Gasteiger partial charge is 0.326 e. The summed E-state index contributed by atoms with van der Waals surface area (Å²) >= 11 is 1.49. The number of aromatic nitrogens is 3. The van der Waals surface area contributed by atoms with Crippen LogP contribution in [-0.4, -0.2) is 15.0 Å². The maximum atomic E-state index is 5.59. The minimum Gasteiger partial charge on any atom is -0.326 e. The number of nitrogens with zero attached hydrogens (tertiary/aromatic N) is 3. The van der Waals surface area contributed by atoms with Gasteiger partial charge in [-0.05, 0) is 49.7 Å². The highest BCUT2D eigenvalue weighted by Gasteiger charge is 2.07. The Morgan fingerprint density at radius 2 is 1.78 bits per heavy atom. The fraction of sp³-hybridized carbons (Fsp3) is 0.308. The maximum Gasteiger partial charge on any atom is 0.194 e. The molecule has 0 saturated carbocycles. The Hall–Kier alpha value is -1.46. The van der Waals surface area contributed by atoms with Crippen LogP contribution in [0.4, 0.5) is 0 Å². The van der Waals surface area contributed by atoms with Gasteiger partial charge >= 0.3 is 0 Å². The molecule has 94 valence electrons. The van der Waals surface area contributed by atoms with Crippen LogP contribution < -0.4 is 5.73 Å². The molecule has 0 aliphatic carbocycles. The summed E-state index contributed by atoms with van der Waals surface area (Å²) < 4.78 is 0. The zero-order chi connectivity index (χ0) is 13.1. The molecule has 4 nitrogen and oxygen atoms in total. The van der Waals surface area contributed by atoms with Gasteiger partial charge in [-0.1, -0.05) is 6.07 Å². The van der Waals surface area contributed by atoms with Crippen molar-refractivity contribution in [2.24, 2.45) is 5.73 Å². The van der Waals surface area contributed by atoms with Crippen molar-refractivity contribution in [3.05, 3.63) is 40.8 Å². The van der Waals surface area contributed by atoms with E-state index in [2.05, 4.69) is 21.0 Å². The predicted molar refractivity (Wildman–Crippen MR) is 72.5 cm³/mol. The fourth-order valence-electron chi connectivity index (χ4n) is 1.66. The molecule has 2 rings (SSSR count). The molecule has 0 aromatic carbocycles. The minimum absolute atomic E-state index is 0.513. The summed E-state index contributed by atoms with van der Waals surface area (Å²) in [5.74, 6) is 0. The quantitative estimate of drug-likeness (QED) is 0.858. The van der Waals surface area contributed by atoms with Gasteiger partial charge in [0.2, 0.25) is 0 Å².